The Labute approximate surface area is 181 Å². The van der Waals surface area contributed by atoms with Gasteiger partial charge in [0.25, 0.3) is 10.9 Å². The van der Waals surface area contributed by atoms with Crippen LogP contribution in [0.2, 0.25) is 0 Å². The molecule has 0 unspecified atom stereocenters. The SMILES string of the molecule is CN(C)C(=O)Sc1ccccc1NC(=O)CCCn1c(=O)oc2cc([N+](=O)[O-])ccc21. The van der Waals surface area contributed by atoms with Crippen LogP contribution < -0.4 is 11.1 Å². The lowest BCUT2D eigenvalue weighted by Crippen LogP contribution is -2.18. The van der Waals surface area contributed by atoms with E-state index in [0.717, 1.165) is 11.8 Å². The Morgan fingerprint density at radius 1 is 1.23 bits per heavy atom. The molecule has 0 radical (unpaired) electrons. The van der Waals surface area contributed by atoms with E-state index in [9.17, 15) is 24.5 Å². The summed E-state index contributed by atoms with van der Waals surface area (Å²) in [6.07, 6.45) is 0.482. The molecule has 162 valence electrons. The Bertz CT molecular complexity index is 1200. The predicted molar refractivity (Wildman–Crippen MR) is 116 cm³/mol. The lowest BCUT2D eigenvalue weighted by atomic mass is 10.2. The molecule has 0 spiro atoms. The van der Waals surface area contributed by atoms with Gasteiger partial charge in [-0.2, -0.15) is 0 Å². The molecule has 0 atom stereocenters. The van der Waals surface area contributed by atoms with Crippen molar-refractivity contribution in [1.82, 2.24) is 9.47 Å². The molecular weight excluding hydrogens is 424 g/mol. The van der Waals surface area contributed by atoms with Gasteiger partial charge in [-0.1, -0.05) is 12.1 Å². The summed E-state index contributed by atoms with van der Waals surface area (Å²) in [4.78, 5) is 48.8. The van der Waals surface area contributed by atoms with Gasteiger partial charge in [0.2, 0.25) is 5.91 Å². The molecule has 1 heterocycles. The van der Waals surface area contributed by atoms with Crippen molar-refractivity contribution >= 4 is 45.4 Å². The van der Waals surface area contributed by atoms with Crippen LogP contribution in [0.1, 0.15) is 12.8 Å². The average Bonchev–Trinajstić information content (AvgIpc) is 3.03. The van der Waals surface area contributed by atoms with Gasteiger partial charge in [-0.15, -0.1) is 0 Å². The fraction of sp³-hybridized carbons (Fsp3) is 0.250. The van der Waals surface area contributed by atoms with E-state index in [4.69, 9.17) is 4.42 Å². The molecule has 0 aliphatic rings. The fourth-order valence-corrected chi connectivity index (χ4v) is 3.58. The summed E-state index contributed by atoms with van der Waals surface area (Å²) < 4.78 is 6.42. The van der Waals surface area contributed by atoms with E-state index in [-0.39, 0.29) is 35.4 Å². The van der Waals surface area contributed by atoms with E-state index in [2.05, 4.69) is 5.32 Å². The first-order chi connectivity index (χ1) is 14.8. The van der Waals surface area contributed by atoms with Gasteiger partial charge in [0.15, 0.2) is 5.58 Å². The van der Waals surface area contributed by atoms with Crippen LogP contribution >= 0.6 is 11.8 Å². The predicted octanol–water partition coefficient (Wildman–Crippen LogP) is 3.70. The summed E-state index contributed by atoms with van der Waals surface area (Å²) >= 11 is 1.02. The van der Waals surface area contributed by atoms with Crippen molar-refractivity contribution in [2.24, 2.45) is 0 Å². The second kappa shape index (κ2) is 9.47. The number of hydrogen-bond acceptors (Lipinski definition) is 7. The fourth-order valence-electron chi connectivity index (χ4n) is 2.84. The van der Waals surface area contributed by atoms with E-state index < -0.39 is 10.7 Å². The third kappa shape index (κ3) is 5.31. The van der Waals surface area contributed by atoms with Gasteiger partial charge in [0.1, 0.15) is 0 Å². The van der Waals surface area contributed by atoms with Crippen molar-refractivity contribution in [3.8, 4) is 0 Å². The maximum absolute atomic E-state index is 12.4. The molecule has 0 saturated carbocycles. The number of nitrogens with one attached hydrogen (secondary N) is 1. The molecule has 31 heavy (non-hydrogen) atoms. The number of oxazole rings is 1. The molecule has 3 aromatic rings. The van der Waals surface area contributed by atoms with Gasteiger partial charge < -0.3 is 14.6 Å². The lowest BCUT2D eigenvalue weighted by Gasteiger charge is -2.13. The number of carbonyl (C=O) groups excluding carboxylic acids is 2. The Kier molecular flexibility index (Phi) is 6.75. The van der Waals surface area contributed by atoms with Crippen molar-refractivity contribution in [2.75, 3.05) is 19.4 Å². The van der Waals surface area contributed by atoms with E-state index in [1.165, 1.54) is 27.7 Å². The van der Waals surface area contributed by atoms with Crippen LogP contribution in [-0.2, 0) is 11.3 Å². The van der Waals surface area contributed by atoms with Crippen LogP contribution in [0, 0.1) is 10.1 Å². The number of thioether (sulfide) groups is 1. The molecule has 0 fully saturated rings. The number of aryl methyl sites for hydroxylation is 1. The van der Waals surface area contributed by atoms with Crippen molar-refractivity contribution in [3.63, 3.8) is 0 Å². The van der Waals surface area contributed by atoms with Crippen molar-refractivity contribution in [2.45, 2.75) is 24.3 Å². The van der Waals surface area contributed by atoms with Gasteiger partial charge in [-0.05, 0) is 36.4 Å². The van der Waals surface area contributed by atoms with Crippen LogP contribution in [0.25, 0.3) is 11.1 Å². The smallest absolute Gasteiger partial charge is 0.407 e. The summed E-state index contributed by atoms with van der Waals surface area (Å²) in [7, 11) is 3.30. The first kappa shape index (κ1) is 22.1. The minimum absolute atomic E-state index is 0.125. The standard InChI is InChI=1S/C20H20N4O6S/c1-22(2)20(27)31-17-7-4-3-6-14(17)21-18(25)8-5-11-23-15-10-9-13(24(28)29)12-16(15)30-19(23)26/h3-4,6-7,9-10,12H,5,8,11H2,1-2H3,(H,21,25). The highest BCUT2D eigenvalue weighted by Gasteiger charge is 2.15. The largest absolute Gasteiger partial charge is 0.419 e. The maximum atomic E-state index is 12.4. The Hall–Kier alpha value is -3.60. The Morgan fingerprint density at radius 3 is 2.68 bits per heavy atom. The first-order valence-electron chi connectivity index (χ1n) is 9.32. The zero-order chi connectivity index (χ0) is 22.5. The number of fused-ring (bicyclic) bond motifs is 1. The number of non-ortho nitro benzene ring substituents is 1. The number of benzene rings is 2. The quantitative estimate of drug-likeness (QED) is 0.334. The maximum Gasteiger partial charge on any atom is 0.419 e. The first-order valence-corrected chi connectivity index (χ1v) is 10.1. The van der Waals surface area contributed by atoms with E-state index >= 15 is 0 Å². The van der Waals surface area contributed by atoms with Gasteiger partial charge in [-0.25, -0.2) is 4.79 Å². The number of nitrogens with zero attached hydrogens (tertiary/aromatic N) is 3. The summed E-state index contributed by atoms with van der Waals surface area (Å²) in [5.74, 6) is -0.901. The van der Waals surface area contributed by atoms with Crippen LogP contribution in [0.5, 0.6) is 0 Å². The van der Waals surface area contributed by atoms with Gasteiger partial charge in [0, 0.05) is 38.0 Å². The second-order valence-corrected chi connectivity index (χ2v) is 7.83. The highest BCUT2D eigenvalue weighted by molar-refractivity contribution is 8.13. The third-order valence-electron chi connectivity index (χ3n) is 4.37. The van der Waals surface area contributed by atoms with Crippen LogP contribution in [0.3, 0.4) is 0 Å². The number of nitro benzene ring substituents is 1. The number of para-hydroxylation sites is 1. The van der Waals surface area contributed by atoms with Crippen molar-refractivity contribution < 1.29 is 18.9 Å². The highest BCUT2D eigenvalue weighted by atomic mass is 32.2. The molecule has 2 amide bonds. The summed E-state index contributed by atoms with van der Waals surface area (Å²) in [5, 5.41) is 13.5. The summed E-state index contributed by atoms with van der Waals surface area (Å²) in [5.41, 5.74) is 0.920. The van der Waals surface area contributed by atoms with Gasteiger partial charge >= 0.3 is 5.76 Å². The number of hydrogen-bond donors (Lipinski definition) is 1. The highest BCUT2D eigenvalue weighted by Crippen LogP contribution is 2.28. The number of carbonyl (C=O) groups is 2. The molecule has 0 bridgehead atoms. The van der Waals surface area contributed by atoms with Gasteiger partial charge in [0.05, 0.1) is 22.2 Å². The summed E-state index contributed by atoms with van der Waals surface area (Å²) in [6.45, 7) is 0.215. The number of rotatable bonds is 7. The molecule has 0 saturated heterocycles. The van der Waals surface area contributed by atoms with Crippen LogP contribution in [0.15, 0.2) is 56.6 Å². The molecule has 2 aromatic carbocycles. The van der Waals surface area contributed by atoms with Crippen LogP contribution in [-0.4, -0.2) is 39.6 Å². The third-order valence-corrected chi connectivity index (χ3v) is 5.49. The Morgan fingerprint density at radius 2 is 1.97 bits per heavy atom. The zero-order valence-corrected chi connectivity index (χ0v) is 17.7. The van der Waals surface area contributed by atoms with E-state index in [1.807, 2.05) is 0 Å². The van der Waals surface area contributed by atoms with E-state index in [1.54, 1.807) is 38.4 Å². The number of anilines is 1. The average molecular weight is 444 g/mol. The van der Waals surface area contributed by atoms with Crippen LogP contribution in [0.4, 0.5) is 16.2 Å². The molecule has 1 N–H and O–H groups in total. The van der Waals surface area contributed by atoms with Crippen molar-refractivity contribution in [3.05, 3.63) is 63.1 Å². The van der Waals surface area contributed by atoms with E-state index in [0.29, 0.717) is 22.5 Å². The molecule has 0 aliphatic carbocycles. The van der Waals surface area contributed by atoms with Crippen molar-refractivity contribution in [1.29, 1.82) is 0 Å². The topological polar surface area (TPSA) is 128 Å². The second-order valence-electron chi connectivity index (χ2n) is 6.84. The Balaban J connectivity index is 1.63. The molecular formula is C20H20N4O6S. The molecule has 10 nitrogen and oxygen atoms in total. The zero-order valence-electron chi connectivity index (χ0n) is 16.9. The lowest BCUT2D eigenvalue weighted by molar-refractivity contribution is -0.384. The minimum Gasteiger partial charge on any atom is -0.407 e. The molecule has 1 aromatic heterocycles. The molecule has 0 aliphatic heterocycles. The summed E-state index contributed by atoms with van der Waals surface area (Å²) in [6, 6.07) is 10.9. The normalized spacial score (nSPS) is 10.8. The number of amides is 2. The number of aromatic nitrogens is 1. The van der Waals surface area contributed by atoms with Gasteiger partial charge in [-0.3, -0.25) is 24.3 Å². The minimum atomic E-state index is -0.639. The monoisotopic (exact) mass is 444 g/mol. The number of nitro groups is 1. The molecule has 3 rings (SSSR count). The molecule has 11 heteroatoms.